The second kappa shape index (κ2) is 4.45. The van der Waals surface area contributed by atoms with E-state index in [-0.39, 0.29) is 0 Å². The lowest BCUT2D eigenvalue weighted by molar-refractivity contribution is -0.121. The van der Waals surface area contributed by atoms with Crippen LogP contribution >= 0.6 is 0 Å². The Morgan fingerprint density at radius 2 is 1.69 bits per heavy atom. The molecule has 1 heterocycles. The van der Waals surface area contributed by atoms with Crippen LogP contribution in [0, 0.1) is 0 Å². The fourth-order valence-electron chi connectivity index (χ4n) is 1.20. The van der Waals surface area contributed by atoms with Gasteiger partial charge in [-0.3, -0.25) is 0 Å². The summed E-state index contributed by atoms with van der Waals surface area (Å²) in [5.74, 6) is 0. The molecule has 1 fully saturated rings. The number of nitrogens with one attached hydrogen (secondary N) is 1. The van der Waals surface area contributed by atoms with Crippen molar-refractivity contribution in [1.29, 1.82) is 0 Å². The van der Waals surface area contributed by atoms with E-state index in [9.17, 15) is 21.6 Å². The highest BCUT2D eigenvalue weighted by molar-refractivity contribution is 7.87. The predicted molar refractivity (Wildman–Crippen MR) is 46.6 cm³/mol. The van der Waals surface area contributed by atoms with Gasteiger partial charge in [-0.2, -0.15) is 30.6 Å². The Morgan fingerprint density at radius 1 is 1.25 bits per heavy atom. The molecular formula is C6H11F3N2O4S. The molecule has 0 aliphatic carbocycles. The number of hydrogen-bond acceptors (Lipinski definition) is 4. The molecule has 0 radical (unpaired) electrons. The van der Waals surface area contributed by atoms with Crippen LogP contribution in [0.1, 0.15) is 0 Å². The smallest absolute Gasteiger partial charge is 0.389 e. The number of alkyl halides is 3. The molecule has 2 atom stereocenters. The van der Waals surface area contributed by atoms with Crippen molar-refractivity contribution < 1.29 is 31.8 Å². The minimum absolute atomic E-state index is 0.422. The molecule has 6 nitrogen and oxygen atoms in total. The normalized spacial score (nSPS) is 28.6. The maximum absolute atomic E-state index is 11.8. The van der Waals surface area contributed by atoms with E-state index < -0.39 is 48.2 Å². The second-order valence-corrected chi connectivity index (χ2v) is 5.15. The van der Waals surface area contributed by atoms with Crippen LogP contribution in [0.2, 0.25) is 0 Å². The van der Waals surface area contributed by atoms with Gasteiger partial charge >= 0.3 is 6.18 Å². The summed E-state index contributed by atoms with van der Waals surface area (Å²) in [5.41, 5.74) is 0. The summed E-state index contributed by atoms with van der Waals surface area (Å²) in [7, 11) is -4.32. The number of halogens is 3. The lowest BCUT2D eigenvalue weighted by atomic mass is 10.3. The Hall–Kier alpha value is -0.420. The predicted octanol–water partition coefficient (Wildman–Crippen LogP) is -1.58. The Morgan fingerprint density at radius 3 is 2.06 bits per heavy atom. The lowest BCUT2D eigenvalue weighted by Gasteiger charge is -2.16. The zero-order valence-electron chi connectivity index (χ0n) is 7.98. The summed E-state index contributed by atoms with van der Waals surface area (Å²) in [5, 5.41) is 18.1. The molecule has 10 heteroatoms. The molecule has 0 unspecified atom stereocenters. The van der Waals surface area contributed by atoms with Crippen LogP contribution in [0.3, 0.4) is 0 Å². The molecule has 1 aliphatic rings. The summed E-state index contributed by atoms with van der Waals surface area (Å²) in [6, 6.07) is 0. The third-order valence-corrected chi connectivity index (χ3v) is 3.51. The zero-order chi connectivity index (χ0) is 12.6. The van der Waals surface area contributed by atoms with E-state index in [4.69, 9.17) is 10.2 Å². The van der Waals surface area contributed by atoms with E-state index in [1.165, 1.54) is 4.72 Å². The van der Waals surface area contributed by atoms with Gasteiger partial charge in [0.25, 0.3) is 10.2 Å². The standard InChI is InChI=1S/C6H11F3N2O4S/c7-6(8,9)3-10-16(14,15)11-1-4(12)5(13)2-11/h4-5,10,12-13H,1-3H2/t4-,5+. The van der Waals surface area contributed by atoms with Crippen LogP contribution in [0.5, 0.6) is 0 Å². The van der Waals surface area contributed by atoms with Crippen molar-refractivity contribution in [3.05, 3.63) is 0 Å². The van der Waals surface area contributed by atoms with Gasteiger partial charge in [0.05, 0.1) is 12.2 Å². The van der Waals surface area contributed by atoms with Gasteiger partial charge in [0.1, 0.15) is 6.54 Å². The molecule has 96 valence electrons. The van der Waals surface area contributed by atoms with Crippen molar-refractivity contribution >= 4 is 10.2 Å². The van der Waals surface area contributed by atoms with Gasteiger partial charge in [0.2, 0.25) is 0 Å². The molecule has 0 spiro atoms. The van der Waals surface area contributed by atoms with E-state index in [0.29, 0.717) is 4.31 Å². The van der Waals surface area contributed by atoms with Crippen LogP contribution in [-0.2, 0) is 10.2 Å². The van der Waals surface area contributed by atoms with Crippen LogP contribution in [0.25, 0.3) is 0 Å². The number of aliphatic hydroxyl groups is 2. The van der Waals surface area contributed by atoms with Crippen LogP contribution < -0.4 is 4.72 Å². The van der Waals surface area contributed by atoms with Crippen molar-refractivity contribution in [3.63, 3.8) is 0 Å². The number of rotatable bonds is 3. The maximum Gasteiger partial charge on any atom is 0.402 e. The third-order valence-electron chi connectivity index (χ3n) is 2.02. The number of β-amino-alcohol motifs (C(OH)–C–C–N with tert-alkyl or cyclic N) is 2. The van der Waals surface area contributed by atoms with E-state index >= 15 is 0 Å². The monoisotopic (exact) mass is 264 g/mol. The van der Waals surface area contributed by atoms with Crippen LogP contribution in [-0.4, -0.2) is 61.0 Å². The Balaban J connectivity index is 2.59. The number of hydrogen-bond donors (Lipinski definition) is 3. The largest absolute Gasteiger partial charge is 0.402 e. The Labute approximate surface area is 89.8 Å². The topological polar surface area (TPSA) is 89.9 Å². The first kappa shape index (κ1) is 13.6. The van der Waals surface area contributed by atoms with E-state index in [2.05, 4.69) is 0 Å². The highest BCUT2D eigenvalue weighted by Gasteiger charge is 2.38. The lowest BCUT2D eigenvalue weighted by Crippen LogP contribution is -2.43. The molecule has 0 bridgehead atoms. The first-order valence-corrected chi connectivity index (χ1v) is 5.73. The quantitative estimate of drug-likeness (QED) is 0.574. The molecule has 0 saturated carbocycles. The van der Waals surface area contributed by atoms with Gasteiger partial charge in [-0.05, 0) is 0 Å². The first-order valence-electron chi connectivity index (χ1n) is 4.29. The van der Waals surface area contributed by atoms with E-state index in [0.717, 1.165) is 0 Å². The molecule has 16 heavy (non-hydrogen) atoms. The summed E-state index contributed by atoms with van der Waals surface area (Å²) in [6.07, 6.45) is -7.20. The van der Waals surface area contributed by atoms with Gasteiger partial charge in [-0.1, -0.05) is 0 Å². The van der Waals surface area contributed by atoms with E-state index in [1.54, 1.807) is 0 Å². The summed E-state index contributed by atoms with van der Waals surface area (Å²) in [6.45, 7) is -2.53. The molecular weight excluding hydrogens is 253 g/mol. The summed E-state index contributed by atoms with van der Waals surface area (Å²) in [4.78, 5) is 0. The molecule has 0 aromatic rings. The molecule has 0 amide bonds. The van der Waals surface area contributed by atoms with Crippen molar-refractivity contribution in [1.82, 2.24) is 9.03 Å². The van der Waals surface area contributed by atoms with Crippen molar-refractivity contribution in [3.8, 4) is 0 Å². The minimum atomic E-state index is -4.65. The molecule has 1 aliphatic heterocycles. The van der Waals surface area contributed by atoms with Gasteiger partial charge in [0.15, 0.2) is 0 Å². The van der Waals surface area contributed by atoms with Gasteiger partial charge in [-0.15, -0.1) is 0 Å². The summed E-state index contributed by atoms with van der Waals surface area (Å²) < 4.78 is 59.8. The zero-order valence-corrected chi connectivity index (χ0v) is 8.79. The average molecular weight is 264 g/mol. The van der Waals surface area contributed by atoms with Crippen molar-refractivity contribution in [2.24, 2.45) is 0 Å². The van der Waals surface area contributed by atoms with Gasteiger partial charge in [0, 0.05) is 13.1 Å². The minimum Gasteiger partial charge on any atom is -0.389 e. The van der Waals surface area contributed by atoms with Crippen LogP contribution in [0.15, 0.2) is 0 Å². The fourth-order valence-corrected chi connectivity index (χ4v) is 2.42. The number of aliphatic hydroxyl groups excluding tert-OH is 2. The average Bonchev–Trinajstić information content (AvgIpc) is 2.44. The SMILES string of the molecule is O=S(=O)(NCC(F)(F)F)N1C[C@@H](O)[C@@H](O)C1. The molecule has 0 aromatic carbocycles. The third kappa shape index (κ3) is 3.56. The van der Waals surface area contributed by atoms with Gasteiger partial charge < -0.3 is 10.2 Å². The van der Waals surface area contributed by atoms with Crippen molar-refractivity contribution in [2.45, 2.75) is 18.4 Å². The molecule has 1 rings (SSSR count). The number of nitrogens with zero attached hydrogens (tertiary/aromatic N) is 1. The first-order chi connectivity index (χ1) is 7.12. The van der Waals surface area contributed by atoms with Gasteiger partial charge in [-0.25, -0.2) is 0 Å². The van der Waals surface area contributed by atoms with Crippen molar-refractivity contribution in [2.75, 3.05) is 19.6 Å². The van der Waals surface area contributed by atoms with Crippen LogP contribution in [0.4, 0.5) is 13.2 Å². The Kier molecular flexibility index (Phi) is 3.80. The highest BCUT2D eigenvalue weighted by atomic mass is 32.2. The summed E-state index contributed by atoms with van der Waals surface area (Å²) >= 11 is 0. The van der Waals surface area contributed by atoms with E-state index in [1.807, 2.05) is 0 Å². The molecule has 1 saturated heterocycles. The molecule has 3 N–H and O–H groups in total. The highest BCUT2D eigenvalue weighted by Crippen LogP contribution is 2.16. The fraction of sp³-hybridized carbons (Fsp3) is 1.00. The Bertz CT molecular complexity index is 334. The maximum atomic E-state index is 11.8. The molecule has 0 aromatic heterocycles. The second-order valence-electron chi connectivity index (χ2n) is 3.39.